The van der Waals surface area contributed by atoms with Crippen LogP contribution in [0.15, 0.2) is 0 Å². The highest BCUT2D eigenvalue weighted by atomic mass is 16.4. The predicted octanol–water partition coefficient (Wildman–Crippen LogP) is -3.65. The van der Waals surface area contributed by atoms with Crippen LogP contribution in [-0.4, -0.2) is 76.5 Å². The monoisotopic (exact) mass is 446 g/mol. The van der Waals surface area contributed by atoms with Crippen LogP contribution >= 0.6 is 0 Å². The summed E-state index contributed by atoms with van der Waals surface area (Å²) in [6.07, 6.45) is -0.165. The third kappa shape index (κ3) is 11.5. The van der Waals surface area contributed by atoms with E-state index in [1.807, 2.05) is 0 Å². The van der Waals surface area contributed by atoms with E-state index in [9.17, 15) is 33.9 Å². The molecule has 4 amide bonds. The van der Waals surface area contributed by atoms with Gasteiger partial charge in [0.1, 0.15) is 18.1 Å². The number of nitrogens with one attached hydrogen (secondary N) is 3. The SMILES string of the molecule is CC(NC(=O)C(CC(N)=O)NC(=O)C(N)CC(=O)O)C(=O)NC(CCCCN)C(=O)O. The number of primary amides is 1. The Morgan fingerprint density at radius 3 is 1.90 bits per heavy atom. The van der Waals surface area contributed by atoms with E-state index >= 15 is 0 Å². The quantitative estimate of drug-likeness (QED) is 0.114. The van der Waals surface area contributed by atoms with Gasteiger partial charge in [-0.25, -0.2) is 4.79 Å². The van der Waals surface area contributed by atoms with Crippen molar-refractivity contribution < 1.29 is 39.0 Å². The van der Waals surface area contributed by atoms with Gasteiger partial charge in [0, 0.05) is 0 Å². The Morgan fingerprint density at radius 1 is 0.839 bits per heavy atom. The maximum absolute atomic E-state index is 12.4. The molecule has 0 aliphatic rings. The molecular weight excluding hydrogens is 416 g/mol. The highest BCUT2D eigenvalue weighted by molar-refractivity contribution is 5.96. The van der Waals surface area contributed by atoms with E-state index in [2.05, 4.69) is 16.0 Å². The summed E-state index contributed by atoms with van der Waals surface area (Å²) in [7, 11) is 0. The molecule has 14 heteroatoms. The Bertz CT molecular complexity index is 686. The van der Waals surface area contributed by atoms with Crippen LogP contribution in [0.3, 0.4) is 0 Å². The van der Waals surface area contributed by atoms with Gasteiger partial charge in [0.15, 0.2) is 0 Å². The number of hydrogen-bond donors (Lipinski definition) is 8. The first kappa shape index (κ1) is 27.7. The Morgan fingerprint density at radius 2 is 1.42 bits per heavy atom. The lowest BCUT2D eigenvalue weighted by Gasteiger charge is -2.22. The third-order valence-corrected chi connectivity index (χ3v) is 4.08. The molecular formula is C17H30N6O8. The van der Waals surface area contributed by atoms with Crippen molar-refractivity contribution in [1.29, 1.82) is 0 Å². The number of rotatable bonds is 15. The molecule has 0 radical (unpaired) electrons. The van der Waals surface area contributed by atoms with E-state index in [1.165, 1.54) is 6.92 Å². The molecule has 0 heterocycles. The molecule has 0 spiro atoms. The van der Waals surface area contributed by atoms with E-state index in [-0.39, 0.29) is 6.42 Å². The van der Waals surface area contributed by atoms with Crippen molar-refractivity contribution in [3.8, 4) is 0 Å². The molecule has 0 rings (SSSR count). The lowest BCUT2D eigenvalue weighted by atomic mass is 10.1. The molecule has 11 N–H and O–H groups in total. The Balaban J connectivity index is 5.03. The third-order valence-electron chi connectivity index (χ3n) is 4.08. The van der Waals surface area contributed by atoms with Gasteiger partial charge in [0.05, 0.1) is 18.9 Å². The molecule has 0 saturated heterocycles. The summed E-state index contributed by atoms with van der Waals surface area (Å²) in [5, 5.41) is 24.5. The first-order chi connectivity index (χ1) is 14.4. The van der Waals surface area contributed by atoms with Crippen LogP contribution in [0, 0.1) is 0 Å². The number of hydrogen-bond acceptors (Lipinski definition) is 8. The fourth-order valence-electron chi connectivity index (χ4n) is 2.40. The average molecular weight is 446 g/mol. The largest absolute Gasteiger partial charge is 0.481 e. The minimum atomic E-state index is -1.51. The van der Waals surface area contributed by atoms with Crippen molar-refractivity contribution in [2.45, 2.75) is 63.2 Å². The predicted molar refractivity (Wildman–Crippen MR) is 106 cm³/mol. The van der Waals surface area contributed by atoms with Gasteiger partial charge in [-0.15, -0.1) is 0 Å². The van der Waals surface area contributed by atoms with Crippen molar-refractivity contribution in [3.63, 3.8) is 0 Å². The van der Waals surface area contributed by atoms with E-state index in [1.54, 1.807) is 0 Å². The number of carboxylic acids is 2. The van der Waals surface area contributed by atoms with Gasteiger partial charge < -0.3 is 43.4 Å². The van der Waals surface area contributed by atoms with Crippen molar-refractivity contribution in [2.24, 2.45) is 17.2 Å². The van der Waals surface area contributed by atoms with Crippen LogP contribution < -0.4 is 33.2 Å². The van der Waals surface area contributed by atoms with Gasteiger partial charge in [0.2, 0.25) is 23.6 Å². The summed E-state index contributed by atoms with van der Waals surface area (Å²) in [5.74, 6) is -6.33. The smallest absolute Gasteiger partial charge is 0.326 e. The first-order valence-electron chi connectivity index (χ1n) is 9.48. The zero-order valence-electron chi connectivity index (χ0n) is 17.1. The summed E-state index contributed by atoms with van der Waals surface area (Å²) < 4.78 is 0. The van der Waals surface area contributed by atoms with Crippen molar-refractivity contribution >= 4 is 35.6 Å². The van der Waals surface area contributed by atoms with Crippen LogP contribution in [0.5, 0.6) is 0 Å². The zero-order valence-corrected chi connectivity index (χ0v) is 17.1. The van der Waals surface area contributed by atoms with Gasteiger partial charge in [-0.05, 0) is 32.7 Å². The molecule has 0 aliphatic carbocycles. The fourth-order valence-corrected chi connectivity index (χ4v) is 2.40. The average Bonchev–Trinajstić information content (AvgIpc) is 2.65. The summed E-state index contributed by atoms with van der Waals surface area (Å²) in [5.41, 5.74) is 15.8. The van der Waals surface area contributed by atoms with Gasteiger partial charge >= 0.3 is 11.9 Å². The maximum atomic E-state index is 12.4. The highest BCUT2D eigenvalue weighted by Crippen LogP contribution is 2.02. The Kier molecular flexibility index (Phi) is 12.4. The molecule has 4 unspecified atom stereocenters. The Hall–Kier alpha value is -3.26. The van der Waals surface area contributed by atoms with Crippen LogP contribution in [0.4, 0.5) is 0 Å². The van der Waals surface area contributed by atoms with Crippen LogP contribution in [-0.2, 0) is 28.8 Å². The second-order valence-electron chi connectivity index (χ2n) is 6.85. The molecule has 0 aromatic rings. The minimum absolute atomic E-state index is 0.140. The maximum Gasteiger partial charge on any atom is 0.326 e. The normalized spacial score (nSPS) is 14.4. The summed E-state index contributed by atoms with van der Waals surface area (Å²) in [4.78, 5) is 69.7. The number of amides is 4. The zero-order chi connectivity index (χ0) is 24.1. The number of carboxylic acid groups (broad SMARTS) is 2. The number of carbonyl (C=O) groups excluding carboxylic acids is 4. The van der Waals surface area contributed by atoms with Gasteiger partial charge in [-0.2, -0.15) is 0 Å². The van der Waals surface area contributed by atoms with E-state index in [4.69, 9.17) is 22.3 Å². The first-order valence-corrected chi connectivity index (χ1v) is 9.48. The molecule has 0 saturated carbocycles. The van der Waals surface area contributed by atoms with Crippen molar-refractivity contribution in [3.05, 3.63) is 0 Å². The van der Waals surface area contributed by atoms with Gasteiger partial charge in [-0.3, -0.25) is 24.0 Å². The number of aliphatic carboxylic acids is 2. The standard InChI is InChI=1S/C17H30N6O8/c1-8(14(27)22-10(17(30)31)4-2-3-5-18)21-16(29)11(7-12(20)24)23-15(28)9(19)6-13(25)26/h8-11H,2-7,18-19H2,1H3,(H2,20,24)(H,21,29)(H,22,27)(H,23,28)(H,25,26)(H,30,31). The number of nitrogens with two attached hydrogens (primary N) is 3. The van der Waals surface area contributed by atoms with Crippen molar-refractivity contribution in [1.82, 2.24) is 16.0 Å². The topological polar surface area (TPSA) is 257 Å². The molecule has 0 fully saturated rings. The number of carbonyl (C=O) groups is 6. The molecule has 14 nitrogen and oxygen atoms in total. The molecule has 4 atom stereocenters. The second kappa shape index (κ2) is 13.9. The summed E-state index contributed by atoms with van der Waals surface area (Å²) >= 11 is 0. The number of unbranched alkanes of at least 4 members (excludes halogenated alkanes) is 1. The van der Waals surface area contributed by atoms with Crippen LogP contribution in [0.1, 0.15) is 39.0 Å². The van der Waals surface area contributed by atoms with E-state index in [0.717, 1.165) is 0 Å². The van der Waals surface area contributed by atoms with Gasteiger partial charge in [0.25, 0.3) is 0 Å². The van der Waals surface area contributed by atoms with Gasteiger partial charge in [-0.1, -0.05) is 0 Å². The lowest BCUT2D eigenvalue weighted by molar-refractivity contribution is -0.142. The minimum Gasteiger partial charge on any atom is -0.481 e. The Labute approximate surface area is 178 Å². The highest BCUT2D eigenvalue weighted by Gasteiger charge is 2.29. The molecule has 0 aromatic heterocycles. The fraction of sp³-hybridized carbons (Fsp3) is 0.647. The summed E-state index contributed by atoms with van der Waals surface area (Å²) in [6, 6.07) is -5.40. The van der Waals surface area contributed by atoms with Crippen LogP contribution in [0.25, 0.3) is 0 Å². The second-order valence-corrected chi connectivity index (χ2v) is 6.85. The molecule has 0 aromatic carbocycles. The van der Waals surface area contributed by atoms with E-state index in [0.29, 0.717) is 19.4 Å². The van der Waals surface area contributed by atoms with E-state index < -0.39 is 72.6 Å². The molecule has 176 valence electrons. The molecule has 0 bridgehead atoms. The lowest BCUT2D eigenvalue weighted by Crippen LogP contribution is -2.57. The van der Waals surface area contributed by atoms with Crippen molar-refractivity contribution in [2.75, 3.05) is 6.54 Å². The molecule has 31 heavy (non-hydrogen) atoms. The van der Waals surface area contributed by atoms with Crippen LogP contribution in [0.2, 0.25) is 0 Å². The summed E-state index contributed by atoms with van der Waals surface area (Å²) in [6.45, 7) is 1.64. The molecule has 0 aliphatic heterocycles.